The molecule has 3 aromatic rings. The maximum atomic E-state index is 5.42. The fourth-order valence-electron chi connectivity index (χ4n) is 3.13. The molecule has 2 N–H and O–H groups in total. The molecule has 0 fully saturated rings. The minimum absolute atomic E-state index is 0.261. The molecule has 27 heavy (non-hydrogen) atoms. The summed E-state index contributed by atoms with van der Waals surface area (Å²) in [5.41, 5.74) is 4.49. The van der Waals surface area contributed by atoms with Crippen LogP contribution in [0.1, 0.15) is 25.0 Å². The molecule has 2 heterocycles. The van der Waals surface area contributed by atoms with Gasteiger partial charge in [-0.3, -0.25) is 0 Å². The summed E-state index contributed by atoms with van der Waals surface area (Å²) in [5.74, 6) is 2.76. The maximum absolute atomic E-state index is 5.42. The summed E-state index contributed by atoms with van der Waals surface area (Å²) in [4.78, 5) is 8.98. The molecular weight excluding hydrogens is 340 g/mol. The first-order valence-corrected chi connectivity index (χ1v) is 9.14. The number of para-hydroxylation sites is 1. The van der Waals surface area contributed by atoms with Gasteiger partial charge in [-0.05, 0) is 42.2 Å². The van der Waals surface area contributed by atoms with Gasteiger partial charge < -0.3 is 20.1 Å². The van der Waals surface area contributed by atoms with Crippen molar-refractivity contribution in [3.05, 3.63) is 59.8 Å². The van der Waals surface area contributed by atoms with Gasteiger partial charge in [-0.15, -0.1) is 0 Å². The molecule has 1 aliphatic rings. The van der Waals surface area contributed by atoms with Crippen molar-refractivity contribution in [1.29, 1.82) is 0 Å². The molecular formula is C21H22N4O2. The van der Waals surface area contributed by atoms with Crippen LogP contribution in [0.2, 0.25) is 0 Å². The molecule has 6 nitrogen and oxygen atoms in total. The first-order valence-electron chi connectivity index (χ1n) is 9.14. The topological polar surface area (TPSA) is 68.3 Å². The van der Waals surface area contributed by atoms with Gasteiger partial charge in [-0.2, -0.15) is 4.98 Å². The third kappa shape index (κ3) is 3.65. The fraction of sp³-hybridized carbons (Fsp3) is 0.238. The Morgan fingerprint density at radius 2 is 1.70 bits per heavy atom. The SMILES string of the molecule is CCc1cccc(CC)c1Nc1nccc(Nc2ccc3c(c2)OCO3)n1. The van der Waals surface area contributed by atoms with Crippen LogP contribution in [-0.4, -0.2) is 16.8 Å². The number of hydrogen-bond donors (Lipinski definition) is 2. The quantitative estimate of drug-likeness (QED) is 0.655. The van der Waals surface area contributed by atoms with Gasteiger partial charge in [0, 0.05) is 23.6 Å². The van der Waals surface area contributed by atoms with Crippen molar-refractivity contribution in [2.45, 2.75) is 26.7 Å². The van der Waals surface area contributed by atoms with Crippen LogP contribution >= 0.6 is 0 Å². The number of anilines is 4. The number of fused-ring (bicyclic) bond motifs is 1. The van der Waals surface area contributed by atoms with E-state index in [0.717, 1.165) is 35.7 Å². The number of benzene rings is 2. The summed E-state index contributed by atoms with van der Waals surface area (Å²) in [5, 5.41) is 6.69. The average molecular weight is 362 g/mol. The molecule has 138 valence electrons. The maximum Gasteiger partial charge on any atom is 0.231 e. The summed E-state index contributed by atoms with van der Waals surface area (Å²) in [6.07, 6.45) is 3.64. The fourth-order valence-corrected chi connectivity index (χ4v) is 3.13. The number of ether oxygens (including phenoxy) is 2. The predicted octanol–water partition coefficient (Wildman–Crippen LogP) is 4.82. The van der Waals surface area contributed by atoms with E-state index < -0.39 is 0 Å². The van der Waals surface area contributed by atoms with Gasteiger partial charge in [-0.1, -0.05) is 32.0 Å². The van der Waals surface area contributed by atoms with Crippen molar-refractivity contribution in [2.24, 2.45) is 0 Å². The second kappa shape index (κ2) is 7.53. The molecule has 6 heteroatoms. The highest BCUT2D eigenvalue weighted by Gasteiger charge is 2.14. The van der Waals surface area contributed by atoms with E-state index in [-0.39, 0.29) is 6.79 Å². The standard InChI is InChI=1S/C21H22N4O2/c1-3-14-6-5-7-15(4-2)20(14)25-21-22-11-10-19(24-21)23-16-8-9-17-18(12-16)27-13-26-17/h5-12H,3-4,13H2,1-2H3,(H2,22,23,24,25). The number of hydrogen-bond acceptors (Lipinski definition) is 6. The minimum Gasteiger partial charge on any atom is -0.454 e. The van der Waals surface area contributed by atoms with Crippen LogP contribution in [0.3, 0.4) is 0 Å². The van der Waals surface area contributed by atoms with Crippen molar-refractivity contribution >= 4 is 23.1 Å². The molecule has 1 aliphatic heterocycles. The molecule has 0 saturated carbocycles. The minimum atomic E-state index is 0.261. The molecule has 2 aromatic carbocycles. The van der Waals surface area contributed by atoms with Gasteiger partial charge in [0.05, 0.1) is 0 Å². The molecule has 0 amide bonds. The van der Waals surface area contributed by atoms with E-state index >= 15 is 0 Å². The second-order valence-electron chi connectivity index (χ2n) is 6.24. The number of nitrogens with one attached hydrogen (secondary N) is 2. The van der Waals surface area contributed by atoms with E-state index in [1.54, 1.807) is 6.20 Å². The Labute approximate surface area is 158 Å². The number of nitrogens with zero attached hydrogens (tertiary/aromatic N) is 2. The van der Waals surface area contributed by atoms with E-state index in [9.17, 15) is 0 Å². The van der Waals surface area contributed by atoms with Gasteiger partial charge in [0.1, 0.15) is 5.82 Å². The molecule has 0 radical (unpaired) electrons. The Bertz CT molecular complexity index is 936. The Morgan fingerprint density at radius 3 is 2.48 bits per heavy atom. The zero-order chi connectivity index (χ0) is 18.6. The summed E-state index contributed by atoms with van der Waals surface area (Å²) >= 11 is 0. The van der Waals surface area contributed by atoms with Gasteiger partial charge in [0.15, 0.2) is 11.5 Å². The van der Waals surface area contributed by atoms with Crippen LogP contribution in [0, 0.1) is 0 Å². The lowest BCUT2D eigenvalue weighted by atomic mass is 10.0. The van der Waals surface area contributed by atoms with Crippen molar-refractivity contribution in [2.75, 3.05) is 17.4 Å². The van der Waals surface area contributed by atoms with Crippen LogP contribution in [0.25, 0.3) is 0 Å². The molecule has 1 aromatic heterocycles. The van der Waals surface area contributed by atoms with Crippen molar-refractivity contribution < 1.29 is 9.47 Å². The zero-order valence-electron chi connectivity index (χ0n) is 15.5. The van der Waals surface area contributed by atoms with E-state index in [4.69, 9.17) is 9.47 Å². The lowest BCUT2D eigenvalue weighted by Crippen LogP contribution is -2.04. The largest absolute Gasteiger partial charge is 0.454 e. The third-order valence-corrected chi connectivity index (χ3v) is 4.54. The molecule has 4 rings (SSSR count). The highest BCUT2D eigenvalue weighted by atomic mass is 16.7. The monoisotopic (exact) mass is 362 g/mol. The van der Waals surface area contributed by atoms with Gasteiger partial charge in [0.25, 0.3) is 0 Å². The van der Waals surface area contributed by atoms with Gasteiger partial charge in [-0.25, -0.2) is 4.98 Å². The third-order valence-electron chi connectivity index (χ3n) is 4.54. The van der Waals surface area contributed by atoms with Crippen molar-refractivity contribution in [3.63, 3.8) is 0 Å². The highest BCUT2D eigenvalue weighted by molar-refractivity contribution is 5.66. The summed E-state index contributed by atoms with van der Waals surface area (Å²) in [6, 6.07) is 13.9. The first-order chi connectivity index (χ1) is 13.3. The lowest BCUT2D eigenvalue weighted by Gasteiger charge is -2.15. The Balaban J connectivity index is 1.57. The first kappa shape index (κ1) is 17.1. The summed E-state index contributed by atoms with van der Waals surface area (Å²) in [6.45, 7) is 4.56. The van der Waals surface area contributed by atoms with E-state index in [0.29, 0.717) is 11.8 Å². The highest BCUT2D eigenvalue weighted by Crippen LogP contribution is 2.35. The van der Waals surface area contributed by atoms with Crippen LogP contribution in [0.4, 0.5) is 23.1 Å². The predicted molar refractivity (Wildman–Crippen MR) is 106 cm³/mol. The van der Waals surface area contributed by atoms with E-state index in [2.05, 4.69) is 52.6 Å². The van der Waals surface area contributed by atoms with E-state index in [1.165, 1.54) is 11.1 Å². The molecule has 0 spiro atoms. The van der Waals surface area contributed by atoms with Crippen LogP contribution in [0.15, 0.2) is 48.7 Å². The normalized spacial score (nSPS) is 12.1. The zero-order valence-corrected chi connectivity index (χ0v) is 15.5. The van der Waals surface area contributed by atoms with Gasteiger partial charge in [0.2, 0.25) is 12.7 Å². The molecule has 0 unspecified atom stereocenters. The average Bonchev–Trinajstić information content (AvgIpc) is 3.16. The number of rotatable bonds is 6. The summed E-state index contributed by atoms with van der Waals surface area (Å²) < 4.78 is 10.8. The van der Waals surface area contributed by atoms with Crippen molar-refractivity contribution in [3.8, 4) is 11.5 Å². The summed E-state index contributed by atoms with van der Waals surface area (Å²) in [7, 11) is 0. The Kier molecular flexibility index (Phi) is 4.78. The van der Waals surface area contributed by atoms with Crippen LogP contribution in [-0.2, 0) is 12.8 Å². The van der Waals surface area contributed by atoms with Crippen LogP contribution < -0.4 is 20.1 Å². The van der Waals surface area contributed by atoms with E-state index in [1.807, 2.05) is 24.3 Å². The number of aryl methyl sites for hydroxylation is 2. The molecule has 0 bridgehead atoms. The van der Waals surface area contributed by atoms with Gasteiger partial charge >= 0.3 is 0 Å². The van der Waals surface area contributed by atoms with Crippen molar-refractivity contribution in [1.82, 2.24) is 9.97 Å². The Hall–Kier alpha value is -3.28. The molecule has 0 saturated heterocycles. The second-order valence-corrected chi connectivity index (χ2v) is 6.24. The lowest BCUT2D eigenvalue weighted by molar-refractivity contribution is 0.174. The van der Waals surface area contributed by atoms with Crippen LogP contribution in [0.5, 0.6) is 11.5 Å². The molecule has 0 atom stereocenters. The molecule has 0 aliphatic carbocycles. The smallest absolute Gasteiger partial charge is 0.231 e. The Morgan fingerprint density at radius 1 is 0.926 bits per heavy atom. The number of aromatic nitrogens is 2.